The van der Waals surface area contributed by atoms with Crippen LogP contribution >= 0.6 is 0 Å². The van der Waals surface area contributed by atoms with Crippen LogP contribution in [0.15, 0.2) is 24.3 Å². The van der Waals surface area contributed by atoms with Gasteiger partial charge in [0, 0.05) is 37.8 Å². The van der Waals surface area contributed by atoms with Crippen LogP contribution in [0.3, 0.4) is 0 Å². The predicted octanol–water partition coefficient (Wildman–Crippen LogP) is 0.802. The van der Waals surface area contributed by atoms with Gasteiger partial charge in [-0.1, -0.05) is 0 Å². The monoisotopic (exact) mass is 350 g/mol. The van der Waals surface area contributed by atoms with Crippen LogP contribution in [0.1, 0.15) is 29.6 Å². The molecule has 7 nitrogen and oxygen atoms in total. The van der Waals surface area contributed by atoms with E-state index in [-0.39, 0.29) is 24.5 Å². The molecule has 1 atom stereocenters. The molecule has 1 fully saturated rings. The summed E-state index contributed by atoms with van der Waals surface area (Å²) in [5, 5.41) is 9.83. The molecule has 0 bridgehead atoms. The number of piperidine rings is 1. The van der Waals surface area contributed by atoms with Crippen LogP contribution < -0.4 is 10.5 Å². The third-order valence-electron chi connectivity index (χ3n) is 4.60. The van der Waals surface area contributed by atoms with Gasteiger partial charge in [-0.2, -0.15) is 0 Å². The first-order valence-electron chi connectivity index (χ1n) is 8.40. The molecule has 0 unspecified atom stereocenters. The molecule has 1 aliphatic rings. The highest BCUT2D eigenvalue weighted by Gasteiger charge is 2.36. The number of carbonyl (C=O) groups excluding carboxylic acids is 2. The maximum absolute atomic E-state index is 12.8. The van der Waals surface area contributed by atoms with E-state index in [4.69, 9.17) is 15.2 Å². The van der Waals surface area contributed by atoms with E-state index in [1.807, 2.05) is 0 Å². The number of rotatable bonds is 8. The first kappa shape index (κ1) is 19.2. The van der Waals surface area contributed by atoms with E-state index in [1.165, 1.54) is 0 Å². The third-order valence-corrected chi connectivity index (χ3v) is 4.60. The number of aliphatic hydroxyl groups excluding tert-OH is 1. The molecule has 1 heterocycles. The van der Waals surface area contributed by atoms with Crippen molar-refractivity contribution in [3.63, 3.8) is 0 Å². The fourth-order valence-corrected chi connectivity index (χ4v) is 3.14. The molecule has 1 aliphatic heterocycles. The minimum absolute atomic E-state index is 0.0417. The average Bonchev–Trinajstić information content (AvgIpc) is 2.64. The lowest BCUT2D eigenvalue weighted by Crippen LogP contribution is -2.48. The van der Waals surface area contributed by atoms with Crippen molar-refractivity contribution in [2.45, 2.75) is 19.3 Å². The van der Waals surface area contributed by atoms with E-state index in [0.717, 1.165) is 19.3 Å². The highest BCUT2D eigenvalue weighted by atomic mass is 16.5. The Morgan fingerprint density at radius 3 is 2.64 bits per heavy atom. The number of ether oxygens (including phenoxy) is 2. The smallest absolute Gasteiger partial charge is 0.255 e. The van der Waals surface area contributed by atoms with Crippen molar-refractivity contribution in [1.82, 2.24) is 4.90 Å². The van der Waals surface area contributed by atoms with Crippen LogP contribution in [-0.2, 0) is 9.53 Å². The standard InChI is InChI=1S/C18H26N2O5/c1-24-10-8-18(13-21)7-2-9-20(12-18)17(23)14-3-5-15(6-4-14)25-11-16(19)22/h3-6,21H,2,7-13H2,1H3,(H2,19,22)/t18-/m0/s1. The van der Waals surface area contributed by atoms with Crippen molar-refractivity contribution >= 4 is 11.8 Å². The van der Waals surface area contributed by atoms with Crippen LogP contribution in [0.25, 0.3) is 0 Å². The number of primary amides is 1. The van der Waals surface area contributed by atoms with Gasteiger partial charge in [0.15, 0.2) is 6.61 Å². The summed E-state index contributed by atoms with van der Waals surface area (Å²) in [6, 6.07) is 6.63. The number of carbonyl (C=O) groups is 2. The third kappa shape index (κ3) is 5.17. The molecule has 25 heavy (non-hydrogen) atoms. The Bertz CT molecular complexity index is 590. The van der Waals surface area contributed by atoms with Gasteiger partial charge in [0.25, 0.3) is 11.8 Å². The first-order valence-corrected chi connectivity index (χ1v) is 8.40. The average molecular weight is 350 g/mol. The highest BCUT2D eigenvalue weighted by Crippen LogP contribution is 2.33. The summed E-state index contributed by atoms with van der Waals surface area (Å²) in [6.07, 6.45) is 2.47. The zero-order chi connectivity index (χ0) is 18.3. The highest BCUT2D eigenvalue weighted by molar-refractivity contribution is 5.94. The number of hydrogen-bond donors (Lipinski definition) is 2. The van der Waals surface area contributed by atoms with Gasteiger partial charge in [-0.15, -0.1) is 0 Å². The lowest BCUT2D eigenvalue weighted by Gasteiger charge is -2.41. The van der Waals surface area contributed by atoms with E-state index >= 15 is 0 Å². The zero-order valence-electron chi connectivity index (χ0n) is 14.6. The molecule has 7 heteroatoms. The Hall–Kier alpha value is -2.12. The van der Waals surface area contributed by atoms with E-state index in [2.05, 4.69) is 0 Å². The summed E-state index contributed by atoms with van der Waals surface area (Å²) in [4.78, 5) is 25.3. The van der Waals surface area contributed by atoms with Gasteiger partial charge in [-0.3, -0.25) is 9.59 Å². The molecular weight excluding hydrogens is 324 g/mol. The van der Waals surface area contributed by atoms with Crippen LogP contribution in [0, 0.1) is 5.41 Å². The summed E-state index contributed by atoms with van der Waals surface area (Å²) in [7, 11) is 1.64. The van der Waals surface area contributed by atoms with Crippen molar-refractivity contribution in [1.29, 1.82) is 0 Å². The van der Waals surface area contributed by atoms with Crippen LogP contribution in [0.2, 0.25) is 0 Å². The van der Waals surface area contributed by atoms with Gasteiger partial charge in [0.2, 0.25) is 0 Å². The van der Waals surface area contributed by atoms with Crippen LogP contribution in [0.5, 0.6) is 5.75 Å². The molecule has 0 aliphatic carbocycles. The van der Waals surface area contributed by atoms with Crippen LogP contribution in [0.4, 0.5) is 0 Å². The molecule has 2 rings (SSSR count). The minimum atomic E-state index is -0.551. The normalized spacial score (nSPS) is 20.3. The minimum Gasteiger partial charge on any atom is -0.484 e. The second-order valence-electron chi connectivity index (χ2n) is 6.51. The largest absolute Gasteiger partial charge is 0.484 e. The second kappa shape index (κ2) is 8.82. The number of nitrogens with zero attached hydrogens (tertiary/aromatic N) is 1. The quantitative estimate of drug-likeness (QED) is 0.722. The second-order valence-corrected chi connectivity index (χ2v) is 6.51. The first-order chi connectivity index (χ1) is 12.0. The lowest BCUT2D eigenvalue weighted by molar-refractivity contribution is -0.119. The summed E-state index contributed by atoms with van der Waals surface area (Å²) in [5.41, 5.74) is 5.29. The number of benzene rings is 1. The van der Waals surface area contributed by atoms with Gasteiger partial charge in [0.1, 0.15) is 5.75 Å². The Morgan fingerprint density at radius 2 is 2.04 bits per heavy atom. The Morgan fingerprint density at radius 1 is 1.32 bits per heavy atom. The Kier molecular flexibility index (Phi) is 6.78. The molecular formula is C18H26N2O5. The van der Waals surface area contributed by atoms with E-state index < -0.39 is 5.91 Å². The molecule has 0 saturated carbocycles. The molecule has 1 aromatic rings. The Labute approximate surface area is 147 Å². The summed E-state index contributed by atoms with van der Waals surface area (Å²) in [5.74, 6) is -0.139. The summed E-state index contributed by atoms with van der Waals surface area (Å²) in [6.45, 7) is 1.60. The molecule has 2 amide bonds. The molecule has 0 radical (unpaired) electrons. The number of hydrogen-bond acceptors (Lipinski definition) is 5. The fourth-order valence-electron chi connectivity index (χ4n) is 3.14. The van der Waals surface area contributed by atoms with E-state index in [9.17, 15) is 14.7 Å². The Balaban J connectivity index is 2.02. The summed E-state index contributed by atoms with van der Waals surface area (Å²) < 4.78 is 10.3. The maximum Gasteiger partial charge on any atom is 0.255 e. The lowest BCUT2D eigenvalue weighted by atomic mass is 9.78. The molecule has 138 valence electrons. The maximum atomic E-state index is 12.8. The van der Waals surface area contributed by atoms with Crippen molar-refractivity contribution in [2.75, 3.05) is 40.0 Å². The fraction of sp³-hybridized carbons (Fsp3) is 0.556. The number of likely N-dealkylation sites (tertiary alicyclic amines) is 1. The van der Waals surface area contributed by atoms with Gasteiger partial charge in [0.05, 0.1) is 6.61 Å². The van der Waals surface area contributed by atoms with E-state index in [0.29, 0.717) is 31.0 Å². The van der Waals surface area contributed by atoms with Crippen molar-refractivity contribution in [3.8, 4) is 5.75 Å². The molecule has 0 spiro atoms. The summed E-state index contributed by atoms with van der Waals surface area (Å²) >= 11 is 0. The van der Waals surface area contributed by atoms with Gasteiger partial charge < -0.3 is 25.2 Å². The number of methoxy groups -OCH3 is 1. The van der Waals surface area contributed by atoms with Crippen molar-refractivity contribution < 1.29 is 24.2 Å². The molecule has 1 saturated heterocycles. The molecule has 0 aromatic heterocycles. The van der Waals surface area contributed by atoms with Crippen LogP contribution in [-0.4, -0.2) is 61.8 Å². The molecule has 3 N–H and O–H groups in total. The number of aliphatic hydroxyl groups is 1. The topological polar surface area (TPSA) is 102 Å². The SMILES string of the molecule is COCC[C@@]1(CO)CCCN(C(=O)c2ccc(OCC(N)=O)cc2)C1. The van der Waals surface area contributed by atoms with Crippen molar-refractivity contribution in [3.05, 3.63) is 29.8 Å². The predicted molar refractivity (Wildman–Crippen MR) is 92.3 cm³/mol. The molecule has 1 aromatic carbocycles. The van der Waals surface area contributed by atoms with Gasteiger partial charge in [-0.05, 0) is 43.5 Å². The van der Waals surface area contributed by atoms with E-state index in [1.54, 1.807) is 36.3 Å². The van der Waals surface area contributed by atoms with Gasteiger partial charge >= 0.3 is 0 Å². The number of nitrogens with two attached hydrogens (primary N) is 1. The zero-order valence-corrected chi connectivity index (χ0v) is 14.6. The van der Waals surface area contributed by atoms with Crippen molar-refractivity contribution in [2.24, 2.45) is 11.1 Å². The van der Waals surface area contributed by atoms with Gasteiger partial charge in [-0.25, -0.2) is 0 Å². The number of amides is 2.